The fraction of sp³-hybridized carbons (Fsp3) is 0.0833. The molecular weight excluding hydrogens is 418 g/mol. The SMILES string of the molecule is CCOc1ccc(/C=N\Nc2nc(Nc3ccccc3)nc(Nc3ccccc3)n2)cc1O. The zero-order chi connectivity index (χ0) is 22.9. The Morgan fingerprint density at radius 1 is 0.818 bits per heavy atom. The van der Waals surface area contributed by atoms with E-state index in [1.807, 2.05) is 67.6 Å². The van der Waals surface area contributed by atoms with Crippen LogP contribution in [0.3, 0.4) is 0 Å². The molecule has 4 rings (SSSR count). The van der Waals surface area contributed by atoms with Gasteiger partial charge in [-0.15, -0.1) is 0 Å². The molecule has 1 heterocycles. The first-order valence-corrected chi connectivity index (χ1v) is 10.3. The van der Waals surface area contributed by atoms with Crippen molar-refractivity contribution in [3.63, 3.8) is 0 Å². The van der Waals surface area contributed by atoms with Crippen molar-refractivity contribution in [1.82, 2.24) is 15.0 Å². The second-order valence-electron chi connectivity index (χ2n) is 6.82. The lowest BCUT2D eigenvalue weighted by atomic mass is 10.2. The van der Waals surface area contributed by atoms with E-state index in [-0.39, 0.29) is 11.7 Å². The molecular formula is C24H23N7O2. The molecule has 0 amide bonds. The number of benzene rings is 3. The molecule has 3 aromatic carbocycles. The highest BCUT2D eigenvalue weighted by molar-refractivity contribution is 5.81. The van der Waals surface area contributed by atoms with Gasteiger partial charge in [0.05, 0.1) is 12.8 Å². The second-order valence-corrected chi connectivity index (χ2v) is 6.82. The number of rotatable bonds is 9. The maximum absolute atomic E-state index is 10.0. The van der Waals surface area contributed by atoms with Gasteiger partial charge >= 0.3 is 0 Å². The lowest BCUT2D eigenvalue weighted by Crippen LogP contribution is -2.07. The van der Waals surface area contributed by atoms with Gasteiger partial charge in [0.15, 0.2) is 11.5 Å². The number of nitrogens with one attached hydrogen (secondary N) is 3. The Morgan fingerprint density at radius 2 is 1.39 bits per heavy atom. The number of aromatic hydroxyl groups is 1. The van der Waals surface area contributed by atoms with Crippen LogP contribution in [0.15, 0.2) is 84.0 Å². The maximum Gasteiger partial charge on any atom is 0.250 e. The summed E-state index contributed by atoms with van der Waals surface area (Å²) in [6.45, 7) is 2.33. The van der Waals surface area contributed by atoms with Crippen LogP contribution in [0.1, 0.15) is 12.5 Å². The van der Waals surface area contributed by atoms with Crippen LogP contribution < -0.4 is 20.8 Å². The van der Waals surface area contributed by atoms with Crippen molar-refractivity contribution in [2.24, 2.45) is 5.10 Å². The highest BCUT2D eigenvalue weighted by atomic mass is 16.5. The smallest absolute Gasteiger partial charge is 0.250 e. The van der Waals surface area contributed by atoms with E-state index in [1.54, 1.807) is 24.4 Å². The molecule has 166 valence electrons. The Morgan fingerprint density at radius 3 is 1.94 bits per heavy atom. The lowest BCUT2D eigenvalue weighted by Gasteiger charge is -2.10. The van der Waals surface area contributed by atoms with Crippen LogP contribution in [0.5, 0.6) is 11.5 Å². The van der Waals surface area contributed by atoms with Gasteiger partial charge in [-0.25, -0.2) is 5.43 Å². The predicted octanol–water partition coefficient (Wildman–Crippen LogP) is 4.91. The highest BCUT2D eigenvalue weighted by Crippen LogP contribution is 2.26. The first-order valence-electron chi connectivity index (χ1n) is 10.3. The molecule has 0 aliphatic carbocycles. The van der Waals surface area contributed by atoms with Gasteiger partial charge in [-0.05, 0) is 55.0 Å². The van der Waals surface area contributed by atoms with Crippen molar-refractivity contribution in [1.29, 1.82) is 0 Å². The summed E-state index contributed by atoms with van der Waals surface area (Å²) in [5, 5.41) is 20.6. The first-order chi connectivity index (χ1) is 16.2. The maximum atomic E-state index is 10.0. The molecule has 0 unspecified atom stereocenters. The van der Waals surface area contributed by atoms with Crippen molar-refractivity contribution in [2.75, 3.05) is 22.7 Å². The molecule has 0 aliphatic rings. The van der Waals surface area contributed by atoms with Crippen molar-refractivity contribution < 1.29 is 9.84 Å². The van der Waals surface area contributed by atoms with Crippen LogP contribution in [0.25, 0.3) is 0 Å². The number of phenols is 1. The van der Waals surface area contributed by atoms with E-state index in [0.717, 1.165) is 11.4 Å². The number of aromatic nitrogens is 3. The topological polar surface area (TPSA) is 117 Å². The van der Waals surface area contributed by atoms with Gasteiger partial charge in [0.1, 0.15) is 0 Å². The standard InChI is InChI=1S/C24H23N7O2/c1-2-33-21-14-13-17(15-20(21)32)16-25-31-24-29-22(26-18-9-5-3-6-10-18)28-23(30-24)27-19-11-7-4-8-12-19/h3-16,32H,2H2,1H3,(H3,26,27,28,29,30,31)/b25-16-. The molecule has 0 saturated carbocycles. The predicted molar refractivity (Wildman–Crippen MR) is 130 cm³/mol. The molecule has 0 atom stereocenters. The summed E-state index contributed by atoms with van der Waals surface area (Å²) in [5.41, 5.74) is 5.18. The minimum Gasteiger partial charge on any atom is -0.504 e. The summed E-state index contributed by atoms with van der Waals surface area (Å²) in [6, 6.07) is 24.2. The Kier molecular flexibility index (Phi) is 6.92. The van der Waals surface area contributed by atoms with Gasteiger partial charge in [-0.2, -0.15) is 20.1 Å². The number of ether oxygens (including phenoxy) is 1. The minimum absolute atomic E-state index is 0.0460. The van der Waals surface area contributed by atoms with Gasteiger partial charge in [0.2, 0.25) is 17.8 Å². The number of phenolic OH excluding ortho intramolecular Hbond substituents is 1. The quantitative estimate of drug-likeness (QED) is 0.214. The highest BCUT2D eigenvalue weighted by Gasteiger charge is 2.08. The number of para-hydroxylation sites is 2. The fourth-order valence-corrected chi connectivity index (χ4v) is 2.90. The molecule has 4 N–H and O–H groups in total. The van der Waals surface area contributed by atoms with Crippen LogP contribution in [-0.2, 0) is 0 Å². The van der Waals surface area contributed by atoms with E-state index in [1.165, 1.54) is 0 Å². The van der Waals surface area contributed by atoms with Crippen LogP contribution >= 0.6 is 0 Å². The van der Waals surface area contributed by atoms with Crippen molar-refractivity contribution >= 4 is 35.4 Å². The van der Waals surface area contributed by atoms with Gasteiger partial charge in [-0.3, -0.25) is 0 Å². The first kappa shape index (κ1) is 21.6. The van der Waals surface area contributed by atoms with Crippen molar-refractivity contribution in [3.8, 4) is 11.5 Å². The van der Waals surface area contributed by atoms with E-state index in [2.05, 4.69) is 36.1 Å². The number of hydrazone groups is 1. The molecule has 33 heavy (non-hydrogen) atoms. The molecule has 9 nitrogen and oxygen atoms in total. The van der Waals surface area contributed by atoms with Gasteiger partial charge < -0.3 is 20.5 Å². The summed E-state index contributed by atoms with van der Waals surface area (Å²) in [4.78, 5) is 13.2. The lowest BCUT2D eigenvalue weighted by molar-refractivity contribution is 0.318. The number of hydrogen-bond acceptors (Lipinski definition) is 9. The van der Waals surface area contributed by atoms with Crippen molar-refractivity contribution in [2.45, 2.75) is 6.92 Å². The summed E-state index contributed by atoms with van der Waals surface area (Å²) >= 11 is 0. The molecule has 0 spiro atoms. The third-order valence-corrected chi connectivity index (χ3v) is 4.36. The summed E-state index contributed by atoms with van der Waals surface area (Å²) < 4.78 is 5.34. The van der Waals surface area contributed by atoms with Gasteiger partial charge in [0.25, 0.3) is 0 Å². The zero-order valence-corrected chi connectivity index (χ0v) is 17.9. The summed E-state index contributed by atoms with van der Waals surface area (Å²) in [5.74, 6) is 1.42. The zero-order valence-electron chi connectivity index (χ0n) is 17.9. The van der Waals surface area contributed by atoms with Crippen molar-refractivity contribution in [3.05, 3.63) is 84.4 Å². The average molecular weight is 441 g/mol. The Balaban J connectivity index is 1.54. The number of nitrogens with zero attached hydrogens (tertiary/aromatic N) is 4. The van der Waals surface area contributed by atoms with Crippen LogP contribution in [-0.4, -0.2) is 32.9 Å². The molecule has 9 heteroatoms. The average Bonchev–Trinajstić information content (AvgIpc) is 2.82. The molecule has 1 aromatic heterocycles. The van der Waals surface area contributed by atoms with E-state index in [9.17, 15) is 5.11 Å². The molecule has 0 saturated heterocycles. The van der Waals surface area contributed by atoms with Gasteiger partial charge in [0, 0.05) is 11.4 Å². The molecule has 0 bridgehead atoms. The Bertz CT molecular complexity index is 1160. The molecule has 0 radical (unpaired) electrons. The largest absolute Gasteiger partial charge is 0.504 e. The Labute approximate surface area is 191 Å². The van der Waals surface area contributed by atoms with Gasteiger partial charge in [-0.1, -0.05) is 36.4 Å². The molecule has 0 aliphatic heterocycles. The van der Waals surface area contributed by atoms with Crippen LogP contribution in [0.2, 0.25) is 0 Å². The number of anilines is 5. The normalized spacial score (nSPS) is 10.7. The second kappa shape index (κ2) is 10.6. The summed E-state index contributed by atoms with van der Waals surface area (Å²) in [6.07, 6.45) is 1.55. The van der Waals surface area contributed by atoms with E-state index < -0.39 is 0 Å². The third kappa shape index (κ3) is 6.17. The van der Waals surface area contributed by atoms with E-state index >= 15 is 0 Å². The molecule has 0 fully saturated rings. The van der Waals surface area contributed by atoms with Crippen LogP contribution in [0, 0.1) is 0 Å². The monoisotopic (exact) mass is 441 g/mol. The van der Waals surface area contributed by atoms with Crippen LogP contribution in [0.4, 0.5) is 29.2 Å². The summed E-state index contributed by atoms with van der Waals surface area (Å²) in [7, 11) is 0. The molecule has 4 aromatic rings. The third-order valence-electron chi connectivity index (χ3n) is 4.36. The number of hydrogen-bond donors (Lipinski definition) is 4. The van der Waals surface area contributed by atoms with E-state index in [0.29, 0.717) is 29.8 Å². The van der Waals surface area contributed by atoms with E-state index in [4.69, 9.17) is 4.74 Å². The fourth-order valence-electron chi connectivity index (χ4n) is 2.90. The Hall–Kier alpha value is -4.66. The minimum atomic E-state index is 0.0460.